The molecule has 23 heavy (non-hydrogen) atoms. The van der Waals surface area contributed by atoms with E-state index >= 15 is 0 Å². The summed E-state index contributed by atoms with van der Waals surface area (Å²) in [7, 11) is 0. The first-order chi connectivity index (χ1) is 11.0. The number of esters is 1. The molecule has 0 aliphatic heterocycles. The number of carbonyl (C=O) groups excluding carboxylic acids is 2. The van der Waals surface area contributed by atoms with Gasteiger partial charge in [0.05, 0.1) is 5.69 Å². The Morgan fingerprint density at radius 3 is 2.52 bits per heavy atom. The Morgan fingerprint density at radius 1 is 1.13 bits per heavy atom. The number of rotatable bonds is 5. The molecule has 1 amide bonds. The molecule has 0 saturated heterocycles. The number of halogens is 2. The molecule has 0 atom stereocenters. The maximum atomic E-state index is 13.3. The smallest absolute Gasteiger partial charge is 0.331 e. The largest absolute Gasteiger partial charge is 0.452 e. The zero-order chi connectivity index (χ0) is 16.7. The second kappa shape index (κ2) is 8.10. The molecule has 0 saturated carbocycles. The second-order valence-electron chi connectivity index (χ2n) is 4.52. The lowest BCUT2D eigenvalue weighted by Crippen LogP contribution is -2.20. The van der Waals surface area contributed by atoms with E-state index < -0.39 is 24.3 Å². The van der Waals surface area contributed by atoms with Gasteiger partial charge in [-0.3, -0.25) is 4.79 Å². The van der Waals surface area contributed by atoms with Gasteiger partial charge in [0.1, 0.15) is 5.82 Å². The maximum Gasteiger partial charge on any atom is 0.331 e. The molecule has 0 radical (unpaired) electrons. The van der Waals surface area contributed by atoms with Crippen LogP contribution >= 0.6 is 11.6 Å². The fourth-order valence-electron chi connectivity index (χ4n) is 1.67. The first-order valence-corrected chi connectivity index (χ1v) is 7.07. The monoisotopic (exact) mass is 333 g/mol. The molecule has 0 aliphatic rings. The van der Waals surface area contributed by atoms with E-state index in [0.717, 1.165) is 5.56 Å². The summed E-state index contributed by atoms with van der Waals surface area (Å²) in [5, 5.41) is 2.91. The average Bonchev–Trinajstić information content (AvgIpc) is 2.54. The Hall–Kier alpha value is -2.66. The number of hydrogen-bond acceptors (Lipinski definition) is 3. The van der Waals surface area contributed by atoms with Crippen molar-refractivity contribution in [3.05, 3.63) is 71.0 Å². The lowest BCUT2D eigenvalue weighted by Gasteiger charge is -2.06. The number of carbonyl (C=O) groups is 2. The molecule has 1 N–H and O–H groups in total. The third-order valence-corrected chi connectivity index (χ3v) is 3.03. The first-order valence-electron chi connectivity index (χ1n) is 6.69. The highest BCUT2D eigenvalue weighted by atomic mass is 35.5. The summed E-state index contributed by atoms with van der Waals surface area (Å²) in [6, 6.07) is 12.6. The maximum absolute atomic E-state index is 13.3. The number of nitrogens with one attached hydrogen (secondary N) is 1. The van der Waals surface area contributed by atoms with Gasteiger partial charge in [0.15, 0.2) is 6.61 Å². The Balaban J connectivity index is 1.81. The van der Waals surface area contributed by atoms with Crippen molar-refractivity contribution in [3.63, 3.8) is 0 Å². The number of amides is 1. The predicted molar refractivity (Wildman–Crippen MR) is 86.5 cm³/mol. The van der Waals surface area contributed by atoms with Crippen LogP contribution in [-0.4, -0.2) is 18.5 Å². The van der Waals surface area contributed by atoms with E-state index in [2.05, 4.69) is 5.32 Å². The minimum absolute atomic E-state index is 0.0326. The van der Waals surface area contributed by atoms with Crippen LogP contribution in [0.5, 0.6) is 0 Å². The Morgan fingerprint density at radius 2 is 1.83 bits per heavy atom. The number of hydrogen-bond donors (Lipinski definition) is 1. The van der Waals surface area contributed by atoms with E-state index in [1.54, 1.807) is 30.3 Å². The molecule has 0 heterocycles. The number of anilines is 1. The van der Waals surface area contributed by atoms with Crippen molar-refractivity contribution in [2.24, 2.45) is 0 Å². The quantitative estimate of drug-likeness (QED) is 0.671. The normalized spacial score (nSPS) is 10.5. The molecule has 0 aliphatic carbocycles. The summed E-state index contributed by atoms with van der Waals surface area (Å²) < 4.78 is 18.1. The minimum atomic E-state index is -0.677. The Kier molecular flexibility index (Phi) is 5.88. The highest BCUT2D eigenvalue weighted by Crippen LogP contribution is 2.12. The van der Waals surface area contributed by atoms with Gasteiger partial charge in [-0.1, -0.05) is 35.9 Å². The van der Waals surface area contributed by atoms with E-state index in [9.17, 15) is 14.0 Å². The fourth-order valence-corrected chi connectivity index (χ4v) is 1.80. The van der Waals surface area contributed by atoms with Crippen molar-refractivity contribution in [1.29, 1.82) is 0 Å². The third-order valence-electron chi connectivity index (χ3n) is 2.78. The van der Waals surface area contributed by atoms with E-state index in [4.69, 9.17) is 16.3 Å². The van der Waals surface area contributed by atoms with Gasteiger partial charge in [0, 0.05) is 11.1 Å². The highest BCUT2D eigenvalue weighted by Gasteiger charge is 2.08. The second-order valence-corrected chi connectivity index (χ2v) is 4.96. The fraction of sp³-hybridized carbons (Fsp3) is 0.0588. The summed E-state index contributed by atoms with van der Waals surface area (Å²) in [6.07, 6.45) is 2.73. The summed E-state index contributed by atoms with van der Waals surface area (Å²) in [4.78, 5) is 23.1. The topological polar surface area (TPSA) is 55.4 Å². The molecular weight excluding hydrogens is 321 g/mol. The van der Waals surface area contributed by atoms with Crippen LogP contribution in [0.2, 0.25) is 5.02 Å². The lowest BCUT2D eigenvalue weighted by atomic mass is 10.2. The van der Waals surface area contributed by atoms with Crippen LogP contribution in [0.4, 0.5) is 10.1 Å². The standard InChI is InChI=1S/C17H13ClFNO3/c18-13-8-5-12(6-9-13)7-10-17(22)23-11-16(21)20-15-4-2-1-3-14(15)19/h1-10H,11H2,(H,20,21)/b10-7+. The van der Waals surface area contributed by atoms with Crippen LogP contribution in [0.15, 0.2) is 54.6 Å². The zero-order valence-corrected chi connectivity index (χ0v) is 12.7. The van der Waals surface area contributed by atoms with Crippen molar-refractivity contribution in [1.82, 2.24) is 0 Å². The molecule has 2 rings (SSSR count). The molecule has 0 bridgehead atoms. The molecule has 118 valence electrons. The average molecular weight is 334 g/mol. The van der Waals surface area contributed by atoms with Gasteiger partial charge in [0.25, 0.3) is 5.91 Å². The van der Waals surface area contributed by atoms with Crippen LogP contribution in [0.3, 0.4) is 0 Å². The van der Waals surface area contributed by atoms with Crippen molar-refractivity contribution in [3.8, 4) is 0 Å². The lowest BCUT2D eigenvalue weighted by molar-refractivity contribution is -0.142. The molecule has 2 aromatic rings. The van der Waals surface area contributed by atoms with Crippen LogP contribution in [-0.2, 0) is 14.3 Å². The third kappa shape index (κ3) is 5.56. The zero-order valence-electron chi connectivity index (χ0n) is 12.0. The molecule has 2 aromatic carbocycles. The molecule has 6 heteroatoms. The Labute approximate surface area is 137 Å². The van der Waals surface area contributed by atoms with Gasteiger partial charge in [0.2, 0.25) is 0 Å². The summed E-state index contributed by atoms with van der Waals surface area (Å²) in [5.41, 5.74) is 0.799. The van der Waals surface area contributed by atoms with Crippen molar-refractivity contribution >= 4 is 35.2 Å². The predicted octanol–water partition coefficient (Wildman–Crippen LogP) is 3.67. The Bertz CT molecular complexity index is 729. The molecule has 0 unspecified atom stereocenters. The number of para-hydroxylation sites is 1. The van der Waals surface area contributed by atoms with E-state index in [-0.39, 0.29) is 5.69 Å². The molecular formula is C17H13ClFNO3. The van der Waals surface area contributed by atoms with Gasteiger partial charge >= 0.3 is 5.97 Å². The summed E-state index contributed by atoms with van der Waals surface area (Å²) in [5.74, 6) is -1.86. The summed E-state index contributed by atoms with van der Waals surface area (Å²) in [6.45, 7) is -0.502. The van der Waals surface area contributed by atoms with Gasteiger partial charge in [-0.2, -0.15) is 0 Å². The van der Waals surface area contributed by atoms with Gasteiger partial charge < -0.3 is 10.1 Å². The van der Waals surface area contributed by atoms with Gasteiger partial charge in [-0.25, -0.2) is 9.18 Å². The number of benzene rings is 2. The molecule has 0 spiro atoms. The van der Waals surface area contributed by atoms with Gasteiger partial charge in [-0.15, -0.1) is 0 Å². The van der Waals surface area contributed by atoms with Crippen molar-refractivity contribution in [2.75, 3.05) is 11.9 Å². The van der Waals surface area contributed by atoms with E-state index in [0.29, 0.717) is 5.02 Å². The SMILES string of the molecule is O=C(COC(=O)/C=C/c1ccc(Cl)cc1)Nc1ccccc1F. The summed E-state index contributed by atoms with van der Waals surface area (Å²) >= 11 is 5.75. The van der Waals surface area contributed by atoms with Crippen LogP contribution in [0, 0.1) is 5.82 Å². The van der Waals surface area contributed by atoms with Crippen molar-refractivity contribution in [2.45, 2.75) is 0 Å². The van der Waals surface area contributed by atoms with Crippen LogP contribution in [0.25, 0.3) is 6.08 Å². The molecule has 0 fully saturated rings. The van der Waals surface area contributed by atoms with Crippen LogP contribution < -0.4 is 5.32 Å². The van der Waals surface area contributed by atoms with Crippen molar-refractivity contribution < 1.29 is 18.7 Å². The van der Waals surface area contributed by atoms with Gasteiger partial charge in [-0.05, 0) is 35.9 Å². The minimum Gasteiger partial charge on any atom is -0.452 e. The number of ether oxygens (including phenoxy) is 1. The van der Waals surface area contributed by atoms with Crippen LogP contribution in [0.1, 0.15) is 5.56 Å². The first kappa shape index (κ1) is 16.7. The molecule has 4 nitrogen and oxygen atoms in total. The van der Waals surface area contributed by atoms with E-state index in [1.165, 1.54) is 30.4 Å². The van der Waals surface area contributed by atoms with E-state index in [1.807, 2.05) is 0 Å². The highest BCUT2D eigenvalue weighted by molar-refractivity contribution is 6.30. The molecule has 0 aromatic heterocycles.